The van der Waals surface area contributed by atoms with E-state index in [1.54, 1.807) is 7.05 Å². The van der Waals surface area contributed by atoms with Crippen molar-refractivity contribution in [2.24, 2.45) is 7.05 Å². The second kappa shape index (κ2) is 9.05. The Balaban J connectivity index is 1.56. The highest BCUT2D eigenvalue weighted by Crippen LogP contribution is 2.39. The molecule has 0 radical (unpaired) electrons. The fraction of sp³-hybridized carbons (Fsp3) is 0.172. The smallest absolute Gasteiger partial charge is 0.297 e. The van der Waals surface area contributed by atoms with E-state index in [4.69, 9.17) is 14.1 Å². The van der Waals surface area contributed by atoms with Gasteiger partial charge in [-0.05, 0) is 41.3 Å². The molecule has 2 aromatic heterocycles. The molecule has 1 atom stereocenters. The summed E-state index contributed by atoms with van der Waals surface area (Å²) in [5, 5.41) is 0. The van der Waals surface area contributed by atoms with Gasteiger partial charge in [-0.25, -0.2) is 9.97 Å². The number of fused-ring (bicyclic) bond motifs is 2. The molecule has 3 heterocycles. The average Bonchev–Trinajstić information content (AvgIpc) is 3.38. The van der Waals surface area contributed by atoms with Crippen LogP contribution in [0, 0.1) is 0 Å². The van der Waals surface area contributed by atoms with Crippen LogP contribution in [0.2, 0.25) is 0 Å². The summed E-state index contributed by atoms with van der Waals surface area (Å²) in [4.78, 5) is 36.5. The monoisotopic (exact) mass is 492 g/mol. The number of methoxy groups -OCH3 is 1. The third kappa shape index (κ3) is 3.78. The van der Waals surface area contributed by atoms with Gasteiger partial charge in [0.25, 0.3) is 11.4 Å². The topological polar surface area (TPSA) is 90.5 Å². The summed E-state index contributed by atoms with van der Waals surface area (Å²) >= 11 is 0. The van der Waals surface area contributed by atoms with E-state index >= 15 is 0 Å². The highest BCUT2D eigenvalue weighted by molar-refractivity contribution is 5.77. The van der Waals surface area contributed by atoms with Gasteiger partial charge in [0.2, 0.25) is 11.7 Å². The molecule has 0 saturated carbocycles. The summed E-state index contributed by atoms with van der Waals surface area (Å²) in [6.45, 7) is 0.592. The van der Waals surface area contributed by atoms with Crippen molar-refractivity contribution in [2.75, 3.05) is 18.6 Å². The molecule has 1 aliphatic heterocycles. The maximum Gasteiger partial charge on any atom is 0.297 e. The number of hydrogen-bond donors (Lipinski definition) is 0. The number of rotatable bonds is 5. The zero-order valence-corrected chi connectivity index (χ0v) is 20.4. The third-order valence-electron chi connectivity index (χ3n) is 6.83. The first kappa shape index (κ1) is 22.7. The van der Waals surface area contributed by atoms with Crippen molar-refractivity contribution in [1.82, 2.24) is 14.5 Å². The van der Waals surface area contributed by atoms with Gasteiger partial charge in [-0.3, -0.25) is 14.2 Å². The van der Waals surface area contributed by atoms with Crippen LogP contribution in [0.3, 0.4) is 0 Å². The molecule has 0 fully saturated rings. The Morgan fingerprint density at radius 2 is 1.81 bits per heavy atom. The number of carbonyl (C=O) groups is 1. The minimum Gasteiger partial charge on any atom is -0.489 e. The van der Waals surface area contributed by atoms with E-state index in [1.807, 2.05) is 60.7 Å². The SMILES string of the molecule is COc1c(-c2nc3ccccc3o2)nc(N2CCc3cc(C=O)ccc3C2c2ccccc2)n(C)c1=O. The predicted molar refractivity (Wildman–Crippen MR) is 140 cm³/mol. The second-order valence-corrected chi connectivity index (χ2v) is 8.98. The lowest BCUT2D eigenvalue weighted by molar-refractivity contribution is 0.112. The average molecular weight is 493 g/mol. The van der Waals surface area contributed by atoms with Crippen LogP contribution >= 0.6 is 0 Å². The third-order valence-corrected chi connectivity index (χ3v) is 6.83. The van der Waals surface area contributed by atoms with Crippen LogP contribution in [0.25, 0.3) is 22.7 Å². The molecule has 0 saturated heterocycles. The second-order valence-electron chi connectivity index (χ2n) is 8.98. The Morgan fingerprint density at radius 1 is 1.03 bits per heavy atom. The predicted octanol–water partition coefficient (Wildman–Crippen LogP) is 4.56. The van der Waals surface area contributed by atoms with Gasteiger partial charge in [-0.2, -0.15) is 0 Å². The van der Waals surface area contributed by atoms with Crippen LogP contribution in [-0.2, 0) is 13.5 Å². The number of aromatic nitrogens is 3. The lowest BCUT2D eigenvalue weighted by atomic mass is 9.87. The Hall–Kier alpha value is -4.72. The molecule has 0 bridgehead atoms. The number of carbonyl (C=O) groups excluding carboxylic acids is 1. The molecule has 1 aliphatic rings. The van der Waals surface area contributed by atoms with E-state index in [2.05, 4.69) is 22.0 Å². The van der Waals surface area contributed by atoms with Crippen molar-refractivity contribution in [3.63, 3.8) is 0 Å². The Labute approximate surface area is 212 Å². The standard InChI is InChI=1S/C29H24N4O4/c1-32-28(35)26(36-2)24(27-30-22-10-6-7-11-23(22)37-27)31-29(32)33-15-14-20-16-18(17-34)12-13-21(20)25(33)19-8-4-3-5-9-19/h3-13,16-17,25H,14-15H2,1-2H3. The van der Waals surface area contributed by atoms with Crippen molar-refractivity contribution in [2.45, 2.75) is 12.5 Å². The molecular weight excluding hydrogens is 468 g/mol. The summed E-state index contributed by atoms with van der Waals surface area (Å²) in [5.74, 6) is 0.769. The highest BCUT2D eigenvalue weighted by Gasteiger charge is 2.33. The number of benzene rings is 3. The van der Waals surface area contributed by atoms with Crippen LogP contribution in [0.15, 0.2) is 82.0 Å². The largest absolute Gasteiger partial charge is 0.489 e. The van der Waals surface area contributed by atoms with Crippen molar-refractivity contribution in [1.29, 1.82) is 0 Å². The fourth-order valence-electron chi connectivity index (χ4n) is 5.06. The van der Waals surface area contributed by atoms with Gasteiger partial charge in [-0.1, -0.05) is 54.6 Å². The zero-order chi connectivity index (χ0) is 25.5. The maximum absolute atomic E-state index is 13.5. The molecule has 5 aromatic rings. The van der Waals surface area contributed by atoms with Crippen molar-refractivity contribution < 1.29 is 13.9 Å². The highest BCUT2D eigenvalue weighted by atomic mass is 16.5. The summed E-state index contributed by atoms with van der Waals surface area (Å²) < 4.78 is 13.0. The zero-order valence-electron chi connectivity index (χ0n) is 20.4. The number of anilines is 1. The van der Waals surface area contributed by atoms with Gasteiger partial charge in [0, 0.05) is 19.2 Å². The van der Waals surface area contributed by atoms with E-state index in [1.165, 1.54) is 11.7 Å². The van der Waals surface area contributed by atoms with Gasteiger partial charge in [-0.15, -0.1) is 0 Å². The number of hydrogen-bond acceptors (Lipinski definition) is 7. The number of nitrogens with zero attached hydrogens (tertiary/aromatic N) is 4. The molecule has 0 aliphatic carbocycles. The van der Waals surface area contributed by atoms with E-state index in [-0.39, 0.29) is 28.9 Å². The summed E-state index contributed by atoms with van der Waals surface area (Å²) in [7, 11) is 3.13. The maximum atomic E-state index is 13.5. The van der Waals surface area contributed by atoms with E-state index in [9.17, 15) is 9.59 Å². The van der Waals surface area contributed by atoms with Crippen LogP contribution in [0.4, 0.5) is 5.95 Å². The Kier molecular flexibility index (Phi) is 5.56. The number of ether oxygens (including phenoxy) is 1. The molecule has 184 valence electrons. The summed E-state index contributed by atoms with van der Waals surface area (Å²) in [6.07, 6.45) is 1.56. The van der Waals surface area contributed by atoms with Gasteiger partial charge in [0.15, 0.2) is 11.3 Å². The first-order chi connectivity index (χ1) is 18.1. The molecule has 0 amide bonds. The molecule has 1 unspecified atom stereocenters. The number of para-hydroxylation sites is 2. The quantitative estimate of drug-likeness (QED) is 0.332. The number of oxazole rings is 1. The van der Waals surface area contributed by atoms with Crippen LogP contribution in [-0.4, -0.2) is 34.5 Å². The van der Waals surface area contributed by atoms with Gasteiger partial charge in [0.05, 0.1) is 13.2 Å². The summed E-state index contributed by atoms with van der Waals surface area (Å²) in [5.41, 5.74) is 5.06. The first-order valence-electron chi connectivity index (χ1n) is 12.0. The Bertz CT molecular complexity index is 1660. The number of aldehydes is 1. The lowest BCUT2D eigenvalue weighted by Crippen LogP contribution is -2.40. The Morgan fingerprint density at radius 3 is 2.57 bits per heavy atom. The molecule has 37 heavy (non-hydrogen) atoms. The van der Waals surface area contributed by atoms with E-state index in [0.29, 0.717) is 35.6 Å². The molecule has 8 nitrogen and oxygen atoms in total. The minimum atomic E-state index is -0.335. The van der Waals surface area contributed by atoms with E-state index < -0.39 is 0 Å². The summed E-state index contributed by atoms with van der Waals surface area (Å²) in [6, 6.07) is 23.0. The molecule has 8 heteroatoms. The van der Waals surface area contributed by atoms with Crippen molar-refractivity contribution >= 4 is 23.3 Å². The molecule has 0 N–H and O–H groups in total. The van der Waals surface area contributed by atoms with Crippen molar-refractivity contribution in [3.05, 3.63) is 105 Å². The van der Waals surface area contributed by atoms with Crippen LogP contribution < -0.4 is 15.2 Å². The molecular formula is C29H24N4O4. The van der Waals surface area contributed by atoms with Gasteiger partial charge < -0.3 is 14.1 Å². The molecule has 3 aromatic carbocycles. The van der Waals surface area contributed by atoms with Crippen molar-refractivity contribution in [3.8, 4) is 17.3 Å². The molecule has 0 spiro atoms. The fourth-order valence-corrected chi connectivity index (χ4v) is 5.06. The lowest BCUT2D eigenvalue weighted by Gasteiger charge is -2.39. The van der Waals surface area contributed by atoms with Crippen LogP contribution in [0.1, 0.15) is 33.1 Å². The normalized spacial score (nSPS) is 15.0. The minimum absolute atomic E-state index is 0.0714. The molecule has 6 rings (SSSR count). The van der Waals surface area contributed by atoms with Crippen LogP contribution in [0.5, 0.6) is 5.75 Å². The van der Waals surface area contributed by atoms with Gasteiger partial charge in [0.1, 0.15) is 11.8 Å². The van der Waals surface area contributed by atoms with E-state index in [0.717, 1.165) is 23.0 Å². The van der Waals surface area contributed by atoms with Gasteiger partial charge >= 0.3 is 0 Å². The first-order valence-corrected chi connectivity index (χ1v) is 12.0.